The molecule has 23 heavy (non-hydrogen) atoms. The van der Waals surface area contributed by atoms with Crippen LogP contribution in [0.4, 0.5) is 0 Å². The summed E-state index contributed by atoms with van der Waals surface area (Å²) < 4.78 is 16.9. The molecule has 0 saturated heterocycles. The summed E-state index contributed by atoms with van der Waals surface area (Å²) in [4.78, 5) is 0. The van der Waals surface area contributed by atoms with E-state index in [0.29, 0.717) is 34.4 Å². The normalized spacial score (nSPS) is 11.4. The van der Waals surface area contributed by atoms with Crippen LogP contribution >= 0.6 is 11.6 Å². The van der Waals surface area contributed by atoms with E-state index in [0.717, 1.165) is 6.42 Å². The third-order valence-corrected chi connectivity index (χ3v) is 3.63. The van der Waals surface area contributed by atoms with E-state index in [1.165, 1.54) is 0 Å². The number of para-hydroxylation sites is 2. The number of hydrogen-bond donors (Lipinski definition) is 0. The van der Waals surface area contributed by atoms with Gasteiger partial charge in [0, 0.05) is 6.07 Å². The highest BCUT2D eigenvalue weighted by Crippen LogP contribution is 2.27. The van der Waals surface area contributed by atoms with Gasteiger partial charge in [-0.1, -0.05) is 30.7 Å². The van der Waals surface area contributed by atoms with Crippen molar-refractivity contribution in [2.24, 2.45) is 0 Å². The van der Waals surface area contributed by atoms with Crippen LogP contribution in [0.1, 0.15) is 18.9 Å². The summed E-state index contributed by atoms with van der Waals surface area (Å²) in [5.41, 5.74) is 0.428. The van der Waals surface area contributed by atoms with Crippen molar-refractivity contribution in [3.8, 4) is 23.3 Å². The molecule has 0 aliphatic carbocycles. The molecule has 4 nitrogen and oxygen atoms in total. The van der Waals surface area contributed by atoms with Crippen molar-refractivity contribution in [3.63, 3.8) is 0 Å². The Kier molecular flexibility index (Phi) is 6.13. The Labute approximate surface area is 141 Å². The average molecular weight is 332 g/mol. The number of nitrogens with zero attached hydrogens (tertiary/aromatic N) is 1. The quantitative estimate of drug-likeness (QED) is 0.751. The van der Waals surface area contributed by atoms with Crippen molar-refractivity contribution in [2.75, 3.05) is 13.7 Å². The molecule has 0 aliphatic heterocycles. The van der Waals surface area contributed by atoms with E-state index >= 15 is 0 Å². The van der Waals surface area contributed by atoms with Gasteiger partial charge in [0.2, 0.25) is 0 Å². The Hall–Kier alpha value is -2.38. The van der Waals surface area contributed by atoms with E-state index in [2.05, 4.69) is 0 Å². The molecule has 0 saturated carbocycles. The summed E-state index contributed by atoms with van der Waals surface area (Å²) in [7, 11) is 1.61. The number of hydrogen-bond acceptors (Lipinski definition) is 4. The second-order valence-electron chi connectivity index (χ2n) is 4.86. The van der Waals surface area contributed by atoms with Crippen LogP contribution < -0.4 is 14.2 Å². The average Bonchev–Trinajstić information content (AvgIpc) is 2.59. The smallest absolute Gasteiger partial charge is 0.161 e. The Morgan fingerprint density at radius 3 is 2.52 bits per heavy atom. The van der Waals surface area contributed by atoms with Gasteiger partial charge in [0.1, 0.15) is 24.5 Å². The highest BCUT2D eigenvalue weighted by atomic mass is 35.5. The van der Waals surface area contributed by atoms with E-state index in [-0.39, 0.29) is 6.10 Å². The van der Waals surface area contributed by atoms with E-state index in [9.17, 15) is 0 Å². The fraction of sp³-hybridized carbons (Fsp3) is 0.278. The molecule has 2 rings (SSSR count). The summed E-state index contributed by atoms with van der Waals surface area (Å²) in [6.45, 7) is 2.40. The minimum Gasteiger partial charge on any atom is -0.493 e. The molecule has 0 aromatic heterocycles. The summed E-state index contributed by atoms with van der Waals surface area (Å²) in [6.07, 6.45) is 0.635. The molecule has 0 aliphatic rings. The lowest BCUT2D eigenvalue weighted by Gasteiger charge is -2.19. The molecule has 0 N–H and O–H groups in total. The second-order valence-corrected chi connectivity index (χ2v) is 5.27. The Morgan fingerprint density at radius 1 is 1.17 bits per heavy atom. The van der Waals surface area contributed by atoms with Gasteiger partial charge in [0.25, 0.3) is 0 Å². The predicted octanol–water partition coefficient (Wildman–Crippen LogP) is 4.46. The van der Waals surface area contributed by atoms with Crippen molar-refractivity contribution in [1.29, 1.82) is 5.26 Å². The molecular formula is C18H18ClNO3. The number of nitriles is 1. The van der Waals surface area contributed by atoms with Crippen LogP contribution in [0.2, 0.25) is 5.02 Å². The molecule has 0 bridgehead atoms. The SMILES string of the molecule is CCC(COc1ccccc1OC)Oc1ccc(C#N)c(Cl)c1. The van der Waals surface area contributed by atoms with Gasteiger partial charge in [-0.25, -0.2) is 0 Å². The number of halogens is 1. The van der Waals surface area contributed by atoms with Gasteiger partial charge in [-0.3, -0.25) is 0 Å². The number of methoxy groups -OCH3 is 1. The molecule has 0 radical (unpaired) electrons. The minimum atomic E-state index is -0.135. The first-order chi connectivity index (χ1) is 11.2. The zero-order valence-electron chi connectivity index (χ0n) is 13.1. The van der Waals surface area contributed by atoms with E-state index in [4.69, 9.17) is 31.1 Å². The lowest BCUT2D eigenvalue weighted by molar-refractivity contribution is 0.123. The second kappa shape index (κ2) is 8.30. The van der Waals surface area contributed by atoms with Gasteiger partial charge in [0.05, 0.1) is 17.7 Å². The van der Waals surface area contributed by atoms with Gasteiger partial charge >= 0.3 is 0 Å². The van der Waals surface area contributed by atoms with Crippen molar-refractivity contribution >= 4 is 11.6 Å². The fourth-order valence-corrected chi connectivity index (χ4v) is 2.22. The Balaban J connectivity index is 2.00. The Morgan fingerprint density at radius 2 is 1.91 bits per heavy atom. The maximum atomic E-state index is 8.89. The molecule has 120 valence electrons. The van der Waals surface area contributed by atoms with Crippen LogP contribution in [0, 0.1) is 11.3 Å². The molecule has 1 atom stereocenters. The lowest BCUT2D eigenvalue weighted by Crippen LogP contribution is -2.24. The van der Waals surface area contributed by atoms with E-state index in [1.807, 2.05) is 37.3 Å². The first-order valence-corrected chi connectivity index (χ1v) is 7.67. The first kappa shape index (κ1) is 17.0. The molecular weight excluding hydrogens is 314 g/mol. The van der Waals surface area contributed by atoms with Crippen LogP contribution in [0.15, 0.2) is 42.5 Å². The van der Waals surface area contributed by atoms with Crippen molar-refractivity contribution in [3.05, 3.63) is 53.1 Å². The lowest BCUT2D eigenvalue weighted by atomic mass is 10.2. The predicted molar refractivity (Wildman–Crippen MR) is 89.4 cm³/mol. The van der Waals surface area contributed by atoms with Crippen LogP contribution in [0.3, 0.4) is 0 Å². The maximum Gasteiger partial charge on any atom is 0.161 e. The number of ether oxygens (including phenoxy) is 3. The topological polar surface area (TPSA) is 51.5 Å². The van der Waals surface area contributed by atoms with Crippen LogP contribution in [-0.2, 0) is 0 Å². The van der Waals surface area contributed by atoms with Gasteiger partial charge in [-0.05, 0) is 30.7 Å². The third-order valence-electron chi connectivity index (χ3n) is 3.31. The summed E-state index contributed by atoms with van der Waals surface area (Å²) in [5, 5.41) is 9.27. The monoisotopic (exact) mass is 331 g/mol. The minimum absolute atomic E-state index is 0.135. The summed E-state index contributed by atoms with van der Waals surface area (Å²) in [5.74, 6) is 1.98. The standard InChI is InChI=1S/C18H18ClNO3/c1-3-14(12-22-18-7-5-4-6-17(18)21-2)23-15-9-8-13(11-20)16(19)10-15/h4-10,14H,3,12H2,1-2H3. The van der Waals surface area contributed by atoms with Crippen LogP contribution in [0.25, 0.3) is 0 Å². The molecule has 5 heteroatoms. The highest BCUT2D eigenvalue weighted by Gasteiger charge is 2.12. The fourth-order valence-electron chi connectivity index (χ4n) is 2.01. The highest BCUT2D eigenvalue weighted by molar-refractivity contribution is 6.31. The Bertz CT molecular complexity index is 697. The van der Waals surface area contributed by atoms with Crippen molar-refractivity contribution in [1.82, 2.24) is 0 Å². The zero-order valence-corrected chi connectivity index (χ0v) is 13.8. The summed E-state index contributed by atoms with van der Waals surface area (Å²) >= 11 is 6.02. The van der Waals surface area contributed by atoms with Gasteiger partial charge in [-0.15, -0.1) is 0 Å². The van der Waals surface area contributed by atoms with Gasteiger partial charge in [0.15, 0.2) is 11.5 Å². The largest absolute Gasteiger partial charge is 0.493 e. The van der Waals surface area contributed by atoms with Crippen LogP contribution in [-0.4, -0.2) is 19.8 Å². The van der Waals surface area contributed by atoms with Crippen molar-refractivity contribution < 1.29 is 14.2 Å². The molecule has 0 amide bonds. The molecule has 0 heterocycles. The summed E-state index contributed by atoms with van der Waals surface area (Å²) in [6, 6.07) is 14.5. The zero-order chi connectivity index (χ0) is 16.7. The van der Waals surface area contributed by atoms with E-state index < -0.39 is 0 Å². The van der Waals surface area contributed by atoms with E-state index in [1.54, 1.807) is 25.3 Å². The molecule has 2 aromatic rings. The molecule has 1 unspecified atom stereocenters. The van der Waals surface area contributed by atoms with Gasteiger partial charge in [-0.2, -0.15) is 5.26 Å². The third kappa shape index (κ3) is 4.54. The molecule has 2 aromatic carbocycles. The number of rotatable bonds is 7. The number of benzene rings is 2. The van der Waals surface area contributed by atoms with Gasteiger partial charge < -0.3 is 14.2 Å². The maximum absolute atomic E-state index is 8.89. The first-order valence-electron chi connectivity index (χ1n) is 7.30. The van der Waals surface area contributed by atoms with Crippen LogP contribution in [0.5, 0.6) is 17.2 Å². The molecule has 0 fully saturated rings. The molecule has 0 spiro atoms. The van der Waals surface area contributed by atoms with Crippen molar-refractivity contribution in [2.45, 2.75) is 19.4 Å².